The SMILES string of the molecule is C[C@H](NC(=O)COC(=O)c1cccc([N+](=O)[O-])c1)c1ccco1. The molecule has 1 aromatic heterocycles. The second-order valence-electron chi connectivity index (χ2n) is 4.69. The smallest absolute Gasteiger partial charge is 0.338 e. The van der Waals surface area contributed by atoms with E-state index in [2.05, 4.69) is 5.32 Å². The zero-order valence-electron chi connectivity index (χ0n) is 12.2. The lowest BCUT2D eigenvalue weighted by Crippen LogP contribution is -2.31. The van der Waals surface area contributed by atoms with Crippen LogP contribution in [0.5, 0.6) is 0 Å². The summed E-state index contributed by atoms with van der Waals surface area (Å²) in [5, 5.41) is 13.3. The van der Waals surface area contributed by atoms with Crippen LogP contribution in [0.3, 0.4) is 0 Å². The Morgan fingerprint density at radius 3 is 2.78 bits per heavy atom. The van der Waals surface area contributed by atoms with Gasteiger partial charge in [0.2, 0.25) is 0 Å². The maximum Gasteiger partial charge on any atom is 0.338 e. The standard InChI is InChI=1S/C15H14N2O6/c1-10(13-6-3-7-22-13)16-14(18)9-23-15(19)11-4-2-5-12(8-11)17(20)21/h2-8,10H,9H2,1H3,(H,16,18)/t10-/m0/s1. The fourth-order valence-corrected chi connectivity index (χ4v) is 1.85. The number of ether oxygens (including phenoxy) is 1. The fraction of sp³-hybridized carbons (Fsp3) is 0.200. The molecule has 0 saturated heterocycles. The van der Waals surface area contributed by atoms with E-state index in [-0.39, 0.29) is 17.3 Å². The van der Waals surface area contributed by atoms with Crippen molar-refractivity contribution < 1.29 is 23.7 Å². The van der Waals surface area contributed by atoms with Crippen molar-refractivity contribution in [2.24, 2.45) is 0 Å². The maximum absolute atomic E-state index is 11.8. The number of rotatable bonds is 6. The molecule has 0 aliphatic carbocycles. The predicted molar refractivity (Wildman–Crippen MR) is 78.6 cm³/mol. The molecule has 120 valence electrons. The van der Waals surface area contributed by atoms with Crippen LogP contribution in [0.4, 0.5) is 5.69 Å². The van der Waals surface area contributed by atoms with E-state index in [1.165, 1.54) is 24.5 Å². The summed E-state index contributed by atoms with van der Waals surface area (Å²) in [6, 6.07) is 8.13. The third-order valence-corrected chi connectivity index (χ3v) is 2.97. The first-order valence-corrected chi connectivity index (χ1v) is 6.71. The van der Waals surface area contributed by atoms with E-state index in [1.54, 1.807) is 19.1 Å². The summed E-state index contributed by atoms with van der Waals surface area (Å²) >= 11 is 0. The molecular weight excluding hydrogens is 304 g/mol. The molecule has 0 bridgehead atoms. The number of nitro groups is 1. The van der Waals surface area contributed by atoms with Gasteiger partial charge in [0.05, 0.1) is 22.8 Å². The molecule has 0 radical (unpaired) electrons. The Labute approximate surface area is 131 Å². The van der Waals surface area contributed by atoms with Crippen molar-refractivity contribution >= 4 is 17.6 Å². The zero-order chi connectivity index (χ0) is 16.8. The van der Waals surface area contributed by atoms with Gasteiger partial charge in [0, 0.05) is 12.1 Å². The van der Waals surface area contributed by atoms with Crippen molar-refractivity contribution in [1.82, 2.24) is 5.32 Å². The van der Waals surface area contributed by atoms with Crippen molar-refractivity contribution in [2.75, 3.05) is 6.61 Å². The first-order valence-electron chi connectivity index (χ1n) is 6.71. The first-order chi connectivity index (χ1) is 11.0. The third-order valence-electron chi connectivity index (χ3n) is 2.97. The highest BCUT2D eigenvalue weighted by Gasteiger charge is 2.16. The molecule has 0 spiro atoms. The van der Waals surface area contributed by atoms with Crippen LogP contribution in [0, 0.1) is 10.1 Å². The summed E-state index contributed by atoms with van der Waals surface area (Å²) in [7, 11) is 0. The number of nitrogens with one attached hydrogen (secondary N) is 1. The number of benzene rings is 1. The summed E-state index contributed by atoms with van der Waals surface area (Å²) in [4.78, 5) is 33.6. The molecule has 1 atom stereocenters. The number of nitro benzene ring substituents is 1. The Balaban J connectivity index is 1.87. The second kappa shape index (κ2) is 7.21. The Hall–Kier alpha value is -3.16. The average molecular weight is 318 g/mol. The number of carbonyl (C=O) groups is 2. The van der Waals surface area contributed by atoms with E-state index in [0.717, 1.165) is 6.07 Å². The number of esters is 1. The molecule has 0 fully saturated rings. The molecule has 23 heavy (non-hydrogen) atoms. The van der Waals surface area contributed by atoms with E-state index < -0.39 is 23.4 Å². The molecule has 2 aromatic rings. The number of hydrogen-bond donors (Lipinski definition) is 1. The van der Waals surface area contributed by atoms with Crippen LogP contribution in [-0.2, 0) is 9.53 Å². The van der Waals surface area contributed by atoms with Crippen LogP contribution in [0.2, 0.25) is 0 Å². The minimum Gasteiger partial charge on any atom is -0.467 e. The van der Waals surface area contributed by atoms with E-state index in [9.17, 15) is 19.7 Å². The van der Waals surface area contributed by atoms with Crippen molar-refractivity contribution in [1.29, 1.82) is 0 Å². The van der Waals surface area contributed by atoms with E-state index in [1.807, 2.05) is 0 Å². The van der Waals surface area contributed by atoms with Gasteiger partial charge in [0.1, 0.15) is 5.76 Å². The molecule has 0 saturated carbocycles. The highest BCUT2D eigenvalue weighted by Crippen LogP contribution is 2.14. The molecule has 0 unspecified atom stereocenters. The molecule has 0 aliphatic heterocycles. The number of nitrogens with zero attached hydrogens (tertiary/aromatic N) is 1. The van der Waals surface area contributed by atoms with Gasteiger partial charge >= 0.3 is 5.97 Å². The number of non-ortho nitro benzene ring substituents is 1. The molecular formula is C15H14N2O6. The molecule has 8 heteroatoms. The fourth-order valence-electron chi connectivity index (χ4n) is 1.85. The van der Waals surface area contributed by atoms with Crippen LogP contribution in [0.1, 0.15) is 29.1 Å². The zero-order valence-corrected chi connectivity index (χ0v) is 12.2. The summed E-state index contributed by atoms with van der Waals surface area (Å²) in [5.41, 5.74) is -0.221. The molecule has 1 heterocycles. The van der Waals surface area contributed by atoms with Gasteiger partial charge in [-0.15, -0.1) is 0 Å². The minimum atomic E-state index is -0.811. The quantitative estimate of drug-likeness (QED) is 0.496. The second-order valence-corrected chi connectivity index (χ2v) is 4.69. The van der Waals surface area contributed by atoms with Crippen molar-refractivity contribution in [3.63, 3.8) is 0 Å². The normalized spacial score (nSPS) is 11.5. The summed E-state index contributed by atoms with van der Waals surface area (Å²) in [6.07, 6.45) is 1.49. The van der Waals surface area contributed by atoms with Gasteiger partial charge in [0.25, 0.3) is 11.6 Å². The summed E-state index contributed by atoms with van der Waals surface area (Å²) in [6.45, 7) is 1.23. The average Bonchev–Trinajstić information content (AvgIpc) is 3.07. The first kappa shape index (κ1) is 16.2. The van der Waals surface area contributed by atoms with E-state index in [4.69, 9.17) is 9.15 Å². The van der Waals surface area contributed by atoms with Gasteiger partial charge in [-0.25, -0.2) is 4.79 Å². The lowest BCUT2D eigenvalue weighted by Gasteiger charge is -2.11. The lowest BCUT2D eigenvalue weighted by molar-refractivity contribution is -0.384. The Kier molecular flexibility index (Phi) is 5.08. The van der Waals surface area contributed by atoms with Crippen molar-refractivity contribution in [3.8, 4) is 0 Å². The molecule has 1 N–H and O–H groups in total. The van der Waals surface area contributed by atoms with Gasteiger partial charge < -0.3 is 14.5 Å². The highest BCUT2D eigenvalue weighted by atomic mass is 16.6. The van der Waals surface area contributed by atoms with Gasteiger partial charge in [-0.2, -0.15) is 0 Å². The van der Waals surface area contributed by atoms with E-state index >= 15 is 0 Å². The van der Waals surface area contributed by atoms with Crippen LogP contribution in [-0.4, -0.2) is 23.4 Å². The molecule has 0 aliphatic rings. The van der Waals surface area contributed by atoms with Crippen LogP contribution >= 0.6 is 0 Å². The molecule has 1 aromatic carbocycles. The van der Waals surface area contributed by atoms with Crippen LogP contribution < -0.4 is 5.32 Å². The van der Waals surface area contributed by atoms with E-state index in [0.29, 0.717) is 5.76 Å². The molecule has 8 nitrogen and oxygen atoms in total. The number of furan rings is 1. The Bertz CT molecular complexity index is 711. The Morgan fingerprint density at radius 1 is 1.35 bits per heavy atom. The van der Waals surface area contributed by atoms with Gasteiger partial charge in [-0.05, 0) is 25.1 Å². The minimum absolute atomic E-state index is 0.00563. The summed E-state index contributed by atoms with van der Waals surface area (Å²) < 4.78 is 9.98. The maximum atomic E-state index is 11.8. The summed E-state index contributed by atoms with van der Waals surface area (Å²) in [5.74, 6) is -0.745. The monoisotopic (exact) mass is 318 g/mol. The van der Waals surface area contributed by atoms with Crippen LogP contribution in [0.25, 0.3) is 0 Å². The van der Waals surface area contributed by atoms with Gasteiger partial charge in [-0.1, -0.05) is 6.07 Å². The largest absolute Gasteiger partial charge is 0.467 e. The number of hydrogen-bond acceptors (Lipinski definition) is 6. The molecule has 2 rings (SSSR count). The van der Waals surface area contributed by atoms with Gasteiger partial charge in [-0.3, -0.25) is 14.9 Å². The van der Waals surface area contributed by atoms with Crippen molar-refractivity contribution in [3.05, 3.63) is 64.1 Å². The van der Waals surface area contributed by atoms with Crippen molar-refractivity contribution in [2.45, 2.75) is 13.0 Å². The number of carbonyl (C=O) groups excluding carboxylic acids is 2. The predicted octanol–water partition coefficient (Wildman–Crippen LogP) is 2.22. The molecule has 1 amide bonds. The third kappa shape index (κ3) is 4.40. The Morgan fingerprint density at radius 2 is 2.13 bits per heavy atom. The topological polar surface area (TPSA) is 112 Å². The van der Waals surface area contributed by atoms with Crippen LogP contribution in [0.15, 0.2) is 47.1 Å². The lowest BCUT2D eigenvalue weighted by atomic mass is 10.2. The number of amides is 1. The van der Waals surface area contributed by atoms with Gasteiger partial charge in [0.15, 0.2) is 6.61 Å². The highest BCUT2D eigenvalue weighted by molar-refractivity contribution is 5.91.